The molecule has 0 radical (unpaired) electrons. The van der Waals surface area contributed by atoms with Crippen molar-refractivity contribution in [1.29, 1.82) is 0 Å². The number of unbranched alkanes of at least 4 members (excludes halogenated alkanes) is 22. The smallest absolute Gasteiger partial charge is 0.391 e. The maximum atomic E-state index is 9.98. The Morgan fingerprint density at radius 2 is 0.653 bits per heavy atom. The van der Waals surface area contributed by atoms with E-state index >= 15 is 0 Å². The molecule has 296 valence electrons. The van der Waals surface area contributed by atoms with Crippen molar-refractivity contribution in [2.24, 2.45) is 0 Å². The van der Waals surface area contributed by atoms with E-state index < -0.39 is 27.1 Å². The van der Waals surface area contributed by atoms with Gasteiger partial charge in [-0.2, -0.15) is 0 Å². The lowest BCUT2D eigenvalue weighted by molar-refractivity contribution is -0.910. The molecule has 0 heterocycles. The highest BCUT2D eigenvalue weighted by atomic mass is 28.4. The summed E-state index contributed by atoms with van der Waals surface area (Å²) >= 11 is 0. The minimum Gasteiger partial charge on any atom is -0.391 e. The minimum atomic E-state index is -3.21. The summed E-state index contributed by atoms with van der Waals surface area (Å²) in [6, 6.07) is 0.614. The van der Waals surface area contributed by atoms with Gasteiger partial charge in [0.15, 0.2) is 0 Å². The van der Waals surface area contributed by atoms with E-state index in [1.54, 1.807) is 20.8 Å². The number of quaternary nitrogens is 1. The molecule has 4 unspecified atom stereocenters. The monoisotopic (exact) mass is 719 g/mol. The topological polar surface area (TPSA) is 88.4 Å². The molecule has 0 fully saturated rings. The van der Waals surface area contributed by atoms with Gasteiger partial charge < -0.3 is 33.1 Å². The van der Waals surface area contributed by atoms with Crippen LogP contribution in [-0.4, -0.2) is 93.4 Å². The maximum absolute atomic E-state index is 9.98. The van der Waals surface area contributed by atoms with Gasteiger partial charge in [0.1, 0.15) is 0 Å². The third-order valence-corrected chi connectivity index (χ3v) is 12.7. The van der Waals surface area contributed by atoms with Crippen LogP contribution >= 0.6 is 0 Å². The van der Waals surface area contributed by atoms with E-state index in [0.717, 1.165) is 17.4 Å². The van der Waals surface area contributed by atoms with Gasteiger partial charge in [-0.1, -0.05) is 142 Å². The third-order valence-electron chi connectivity index (χ3n) is 9.92. The van der Waals surface area contributed by atoms with Crippen LogP contribution in [0.2, 0.25) is 6.04 Å². The zero-order chi connectivity index (χ0) is 36.5. The number of nitrogens with zero attached hydrogens (tertiary/aromatic N) is 1. The molecule has 0 saturated heterocycles. The van der Waals surface area contributed by atoms with E-state index in [-0.39, 0.29) is 19.8 Å². The highest BCUT2D eigenvalue weighted by molar-refractivity contribution is 6.60. The van der Waals surface area contributed by atoms with Gasteiger partial charge in [0, 0.05) is 12.5 Å². The SMILES string of the molecule is CCCCCCCCCCCCCCCCCC[N+](C)(CCCCCCCCCC)CCC[Si](OCC(C)O)(OCC(C)O)OCC(C)O. The van der Waals surface area contributed by atoms with Crippen LogP contribution in [-0.2, 0) is 13.3 Å². The number of hydrogen-bond acceptors (Lipinski definition) is 6. The maximum Gasteiger partial charge on any atom is 0.501 e. The van der Waals surface area contributed by atoms with E-state index in [2.05, 4.69) is 20.9 Å². The molecule has 0 aliphatic rings. The third kappa shape index (κ3) is 32.3. The largest absolute Gasteiger partial charge is 0.501 e. The molecule has 3 N–H and O–H groups in total. The van der Waals surface area contributed by atoms with Crippen LogP contribution in [0.4, 0.5) is 0 Å². The van der Waals surface area contributed by atoms with E-state index in [1.807, 2.05) is 0 Å². The summed E-state index contributed by atoms with van der Waals surface area (Å²) in [6.07, 6.45) is 31.9. The Hall–Kier alpha value is -0.0631. The van der Waals surface area contributed by atoms with Crippen molar-refractivity contribution in [3.05, 3.63) is 0 Å². The molecule has 0 rings (SSSR count). The summed E-state index contributed by atoms with van der Waals surface area (Å²) in [4.78, 5) is 0. The van der Waals surface area contributed by atoms with Crippen molar-refractivity contribution < 1.29 is 33.1 Å². The van der Waals surface area contributed by atoms with Crippen LogP contribution in [0.25, 0.3) is 0 Å². The molecule has 7 nitrogen and oxygen atoms in total. The van der Waals surface area contributed by atoms with Gasteiger partial charge in [0.2, 0.25) is 0 Å². The zero-order valence-corrected chi connectivity index (χ0v) is 34.9. The minimum absolute atomic E-state index is 0.120. The average molecular weight is 719 g/mol. The molecule has 49 heavy (non-hydrogen) atoms. The lowest BCUT2D eigenvalue weighted by atomic mass is 10.0. The van der Waals surface area contributed by atoms with E-state index in [4.69, 9.17) is 13.3 Å². The molecular formula is C41H88NO6Si+. The van der Waals surface area contributed by atoms with E-state index in [9.17, 15) is 15.3 Å². The van der Waals surface area contributed by atoms with Crippen molar-refractivity contribution in [2.75, 3.05) is 46.5 Å². The zero-order valence-electron chi connectivity index (χ0n) is 33.9. The van der Waals surface area contributed by atoms with Crippen molar-refractivity contribution in [3.63, 3.8) is 0 Å². The van der Waals surface area contributed by atoms with Gasteiger partial charge in [-0.05, 0) is 46.5 Å². The Labute approximate surface area is 307 Å². The first kappa shape index (κ1) is 48.9. The van der Waals surface area contributed by atoms with Crippen LogP contribution in [0.3, 0.4) is 0 Å². The molecule has 0 amide bonds. The normalized spacial score (nSPS) is 16.3. The summed E-state index contributed by atoms with van der Waals surface area (Å²) in [7, 11) is -0.780. The number of aliphatic hydroxyl groups is 3. The molecule has 0 aliphatic carbocycles. The van der Waals surface area contributed by atoms with Gasteiger partial charge in [-0.3, -0.25) is 0 Å². The van der Waals surface area contributed by atoms with Crippen molar-refractivity contribution in [3.8, 4) is 0 Å². The van der Waals surface area contributed by atoms with Gasteiger partial charge in [0.05, 0.1) is 64.8 Å². The van der Waals surface area contributed by atoms with Crippen LogP contribution in [0.5, 0.6) is 0 Å². The highest BCUT2D eigenvalue weighted by Gasteiger charge is 2.42. The van der Waals surface area contributed by atoms with Crippen LogP contribution in [0, 0.1) is 0 Å². The van der Waals surface area contributed by atoms with Crippen LogP contribution in [0.15, 0.2) is 0 Å². The van der Waals surface area contributed by atoms with Gasteiger partial charge in [0.25, 0.3) is 0 Å². The summed E-state index contributed by atoms with van der Waals surface area (Å²) in [5.41, 5.74) is 0. The van der Waals surface area contributed by atoms with Gasteiger partial charge in [-0.15, -0.1) is 0 Å². The van der Waals surface area contributed by atoms with Crippen molar-refractivity contribution in [1.82, 2.24) is 0 Å². The van der Waals surface area contributed by atoms with Crippen LogP contribution < -0.4 is 0 Å². The van der Waals surface area contributed by atoms with Crippen molar-refractivity contribution >= 4 is 8.80 Å². The summed E-state index contributed by atoms with van der Waals surface area (Å²) < 4.78 is 19.6. The van der Waals surface area contributed by atoms with Gasteiger partial charge in [-0.25, -0.2) is 0 Å². The lowest BCUT2D eigenvalue weighted by Crippen LogP contribution is -2.51. The number of rotatable bonds is 39. The predicted molar refractivity (Wildman–Crippen MR) is 211 cm³/mol. The Morgan fingerprint density at radius 3 is 0.918 bits per heavy atom. The average Bonchev–Trinajstić information content (AvgIpc) is 3.06. The number of aliphatic hydroxyl groups excluding tert-OH is 3. The quantitative estimate of drug-likeness (QED) is 0.0333. The molecule has 0 spiro atoms. The summed E-state index contributed by atoms with van der Waals surface area (Å²) in [6.45, 7) is 13.4. The van der Waals surface area contributed by atoms with E-state index in [0.29, 0.717) is 6.04 Å². The Morgan fingerprint density at radius 1 is 0.408 bits per heavy atom. The fourth-order valence-corrected chi connectivity index (χ4v) is 9.53. The molecule has 8 heteroatoms. The summed E-state index contributed by atoms with van der Waals surface area (Å²) in [5.74, 6) is 0. The first-order valence-electron chi connectivity index (χ1n) is 21.4. The first-order chi connectivity index (χ1) is 23.6. The van der Waals surface area contributed by atoms with Crippen LogP contribution in [0.1, 0.15) is 195 Å². The molecule has 0 aromatic rings. The Kier molecular flexibility index (Phi) is 33.7. The predicted octanol–water partition coefficient (Wildman–Crippen LogP) is 10.4. The molecule has 0 aromatic heterocycles. The second-order valence-corrected chi connectivity index (χ2v) is 18.6. The molecular weight excluding hydrogens is 631 g/mol. The molecule has 0 aliphatic heterocycles. The van der Waals surface area contributed by atoms with Crippen molar-refractivity contribution in [2.45, 2.75) is 219 Å². The van der Waals surface area contributed by atoms with E-state index in [1.165, 1.54) is 167 Å². The number of hydrogen-bond donors (Lipinski definition) is 3. The summed E-state index contributed by atoms with van der Waals surface area (Å²) in [5, 5.41) is 29.9. The molecule has 0 saturated carbocycles. The van der Waals surface area contributed by atoms with Gasteiger partial charge >= 0.3 is 8.80 Å². The fraction of sp³-hybridized carbons (Fsp3) is 1.00. The second-order valence-electron chi connectivity index (χ2n) is 15.8. The molecule has 4 atom stereocenters. The standard InChI is InChI=1S/C41H88NO6Si/c1-7-9-11-13-15-17-18-19-20-21-22-23-24-26-28-30-33-42(6,32-29-27-25-16-14-12-10-8-2)34-31-35-49(46-36-39(3)43,47-37-40(4)44)48-38-41(5)45/h39-41,43-45H,7-38H2,1-6H3/q+1. The molecule has 0 bridgehead atoms. The highest BCUT2D eigenvalue weighted by Crippen LogP contribution is 2.23. The second kappa shape index (κ2) is 33.8. The lowest BCUT2D eigenvalue weighted by Gasteiger charge is -2.37. The fourth-order valence-electron chi connectivity index (χ4n) is 6.77. The Bertz CT molecular complexity index is 651. The first-order valence-corrected chi connectivity index (χ1v) is 23.3. The molecule has 0 aromatic carbocycles. The Balaban J connectivity index is 4.82.